The Hall–Kier alpha value is -7.16. The van der Waals surface area contributed by atoms with Crippen LogP contribution in [0.4, 0.5) is 0 Å². The first-order chi connectivity index (χ1) is 26.6. The van der Waals surface area contributed by atoms with Gasteiger partial charge in [-0.15, -0.1) is 0 Å². The van der Waals surface area contributed by atoms with Gasteiger partial charge in [-0.25, -0.2) is 0 Å². The highest BCUT2D eigenvalue weighted by Crippen LogP contribution is 2.46. The summed E-state index contributed by atoms with van der Waals surface area (Å²) in [6.07, 6.45) is 1.94. The molecule has 0 spiro atoms. The zero-order valence-electron chi connectivity index (χ0n) is 29.4. The van der Waals surface area contributed by atoms with Crippen molar-refractivity contribution in [3.8, 4) is 22.3 Å². The highest BCUT2D eigenvalue weighted by Gasteiger charge is 2.19. The van der Waals surface area contributed by atoms with Crippen LogP contribution >= 0.6 is 0 Å². The molecule has 54 heavy (non-hydrogen) atoms. The molecule has 2 heterocycles. The van der Waals surface area contributed by atoms with Crippen molar-refractivity contribution in [1.29, 1.82) is 0 Å². The van der Waals surface area contributed by atoms with E-state index in [9.17, 15) is 0 Å². The van der Waals surface area contributed by atoms with Crippen molar-refractivity contribution in [2.24, 2.45) is 0 Å². The Bertz CT molecular complexity index is 3430. The molecule has 0 unspecified atom stereocenters. The fourth-order valence-corrected chi connectivity index (χ4v) is 8.73. The SMILES string of the molecule is C=C/C(c1cccc(-c2c3ccccc3c(-c3ccc4c(c3)oc3ccc5cc6oc7ccccc7c6cc5c34)c3ccccc23)c1)=c1/ccccc1=C. The van der Waals surface area contributed by atoms with Crippen LogP contribution in [0.3, 0.4) is 0 Å². The Morgan fingerprint density at radius 1 is 0.426 bits per heavy atom. The Balaban J connectivity index is 1.14. The molecule has 0 saturated heterocycles. The fraction of sp³-hybridized carbons (Fsp3) is 0. The lowest BCUT2D eigenvalue weighted by Crippen LogP contribution is -2.24. The molecule has 0 aliphatic rings. The Labute approximate surface area is 310 Å². The van der Waals surface area contributed by atoms with E-state index in [1.54, 1.807) is 0 Å². The third kappa shape index (κ3) is 4.47. The standard InChI is InChI=1S/C52H32O2/c1-3-36(37-16-5-4-13-31(37)2)32-14-12-15-34(27-32)50-39-18-6-8-20-41(39)51(42-21-9-7-19-40(42)50)35-23-25-43-48(29-35)54-47-26-24-33-28-49-45(30-44(33)52(43)47)38-17-10-11-22-46(38)53-49/h3-30H,1-2H2/b37-36+. The van der Waals surface area contributed by atoms with Gasteiger partial charge in [-0.3, -0.25) is 0 Å². The average Bonchev–Trinajstić information content (AvgIpc) is 3.77. The summed E-state index contributed by atoms with van der Waals surface area (Å²) in [5, 5.41) is 13.6. The van der Waals surface area contributed by atoms with Crippen LogP contribution in [0.5, 0.6) is 0 Å². The molecule has 0 aliphatic carbocycles. The maximum atomic E-state index is 6.67. The van der Waals surface area contributed by atoms with Crippen LogP contribution in [-0.4, -0.2) is 0 Å². The van der Waals surface area contributed by atoms with Gasteiger partial charge in [0.1, 0.15) is 22.3 Å². The van der Waals surface area contributed by atoms with Gasteiger partial charge in [0, 0.05) is 21.5 Å². The monoisotopic (exact) mass is 688 g/mol. The van der Waals surface area contributed by atoms with Gasteiger partial charge in [0.15, 0.2) is 0 Å². The summed E-state index contributed by atoms with van der Waals surface area (Å²) < 4.78 is 12.9. The molecule has 11 rings (SSSR count). The number of benzene rings is 9. The molecule has 252 valence electrons. The molecule has 11 aromatic rings. The first kappa shape index (κ1) is 30.5. The van der Waals surface area contributed by atoms with Crippen LogP contribution in [0.15, 0.2) is 185 Å². The second-order valence-corrected chi connectivity index (χ2v) is 14.1. The minimum Gasteiger partial charge on any atom is -0.456 e. The second kappa shape index (κ2) is 11.7. The van der Waals surface area contributed by atoms with Crippen molar-refractivity contribution in [1.82, 2.24) is 0 Å². The molecule has 2 aromatic heterocycles. The summed E-state index contributed by atoms with van der Waals surface area (Å²) >= 11 is 0. The smallest absolute Gasteiger partial charge is 0.136 e. The van der Waals surface area contributed by atoms with Crippen LogP contribution in [0.1, 0.15) is 5.56 Å². The molecule has 9 aromatic carbocycles. The zero-order valence-corrected chi connectivity index (χ0v) is 29.4. The summed E-state index contributed by atoms with van der Waals surface area (Å²) in [5.41, 5.74) is 10.4. The maximum Gasteiger partial charge on any atom is 0.136 e. The van der Waals surface area contributed by atoms with Gasteiger partial charge < -0.3 is 8.83 Å². The summed E-state index contributed by atoms with van der Waals surface area (Å²) in [6, 6.07) is 58.3. The van der Waals surface area contributed by atoms with E-state index in [-0.39, 0.29) is 0 Å². The summed E-state index contributed by atoms with van der Waals surface area (Å²) in [5.74, 6) is 0. The van der Waals surface area contributed by atoms with Crippen LogP contribution in [0, 0.1) is 0 Å². The topological polar surface area (TPSA) is 26.3 Å². The Kier molecular flexibility index (Phi) is 6.59. The van der Waals surface area contributed by atoms with E-state index in [2.05, 4.69) is 153 Å². The van der Waals surface area contributed by atoms with Crippen LogP contribution in [0.2, 0.25) is 0 Å². The number of hydrogen-bond acceptors (Lipinski definition) is 2. The number of allylic oxidation sites excluding steroid dienone is 1. The van der Waals surface area contributed by atoms with Gasteiger partial charge >= 0.3 is 0 Å². The zero-order chi connectivity index (χ0) is 35.9. The average molecular weight is 689 g/mol. The number of rotatable bonds is 4. The Morgan fingerprint density at radius 3 is 1.78 bits per heavy atom. The van der Waals surface area contributed by atoms with Crippen molar-refractivity contribution < 1.29 is 8.83 Å². The predicted octanol–water partition coefficient (Wildman–Crippen LogP) is 13.1. The lowest BCUT2D eigenvalue weighted by atomic mass is 9.85. The molecule has 0 fully saturated rings. The molecular formula is C52H32O2. The largest absolute Gasteiger partial charge is 0.456 e. The van der Waals surface area contributed by atoms with E-state index in [4.69, 9.17) is 8.83 Å². The summed E-state index contributed by atoms with van der Waals surface area (Å²) in [4.78, 5) is 0. The van der Waals surface area contributed by atoms with Crippen LogP contribution in [-0.2, 0) is 0 Å². The van der Waals surface area contributed by atoms with E-state index in [1.165, 1.54) is 32.7 Å². The normalized spacial score (nSPS) is 12.5. The third-order valence-corrected chi connectivity index (χ3v) is 11.1. The highest BCUT2D eigenvalue weighted by molar-refractivity contribution is 6.25. The second-order valence-electron chi connectivity index (χ2n) is 14.1. The minimum absolute atomic E-state index is 0.871. The number of fused-ring (bicyclic) bond motifs is 10. The lowest BCUT2D eigenvalue weighted by molar-refractivity contribution is 0.668. The van der Waals surface area contributed by atoms with Crippen molar-refractivity contribution in [2.45, 2.75) is 0 Å². The van der Waals surface area contributed by atoms with Gasteiger partial charge in [0.25, 0.3) is 0 Å². The van der Waals surface area contributed by atoms with Crippen molar-refractivity contribution in [2.75, 3.05) is 0 Å². The molecular weight excluding hydrogens is 657 g/mol. The molecule has 0 amide bonds. The quantitative estimate of drug-likeness (QED) is 0.172. The first-order valence-corrected chi connectivity index (χ1v) is 18.3. The van der Waals surface area contributed by atoms with Crippen molar-refractivity contribution in [3.05, 3.63) is 192 Å². The Morgan fingerprint density at radius 2 is 1.06 bits per heavy atom. The van der Waals surface area contributed by atoms with E-state index >= 15 is 0 Å². The molecule has 0 N–H and O–H groups in total. The maximum absolute atomic E-state index is 6.67. The van der Waals surface area contributed by atoms with Gasteiger partial charge in [0.05, 0.1) is 0 Å². The summed E-state index contributed by atoms with van der Waals surface area (Å²) in [6.45, 7) is 8.50. The highest BCUT2D eigenvalue weighted by atomic mass is 16.3. The lowest BCUT2D eigenvalue weighted by Gasteiger charge is -2.18. The molecule has 2 nitrogen and oxygen atoms in total. The molecule has 0 atom stereocenters. The molecule has 0 bridgehead atoms. The van der Waals surface area contributed by atoms with Gasteiger partial charge in [-0.05, 0) is 119 Å². The van der Waals surface area contributed by atoms with E-state index < -0.39 is 0 Å². The third-order valence-electron chi connectivity index (χ3n) is 11.1. The minimum atomic E-state index is 0.871. The van der Waals surface area contributed by atoms with Crippen molar-refractivity contribution >= 4 is 88.3 Å². The van der Waals surface area contributed by atoms with Gasteiger partial charge in [-0.1, -0.05) is 141 Å². The molecule has 2 heteroatoms. The fourth-order valence-electron chi connectivity index (χ4n) is 8.73. The van der Waals surface area contributed by atoms with Crippen LogP contribution < -0.4 is 10.4 Å². The summed E-state index contributed by atoms with van der Waals surface area (Å²) in [7, 11) is 0. The van der Waals surface area contributed by atoms with Gasteiger partial charge in [-0.2, -0.15) is 0 Å². The van der Waals surface area contributed by atoms with Gasteiger partial charge in [0.2, 0.25) is 0 Å². The van der Waals surface area contributed by atoms with E-state index in [0.29, 0.717) is 0 Å². The molecule has 0 saturated carbocycles. The first-order valence-electron chi connectivity index (χ1n) is 18.3. The predicted molar refractivity (Wildman–Crippen MR) is 228 cm³/mol. The van der Waals surface area contributed by atoms with E-state index in [0.717, 1.165) is 87.4 Å². The molecule has 0 radical (unpaired) electrons. The van der Waals surface area contributed by atoms with Crippen LogP contribution in [0.25, 0.3) is 111 Å². The molecule has 0 aliphatic heterocycles. The number of para-hydroxylation sites is 1. The number of hydrogen-bond donors (Lipinski definition) is 0. The van der Waals surface area contributed by atoms with Crippen molar-refractivity contribution in [3.63, 3.8) is 0 Å². The van der Waals surface area contributed by atoms with E-state index in [1.807, 2.05) is 30.3 Å². The number of furan rings is 2.